The lowest BCUT2D eigenvalue weighted by Crippen LogP contribution is -2.00. The van der Waals surface area contributed by atoms with Crippen LogP contribution >= 0.6 is 0 Å². The molecule has 0 aliphatic rings. The minimum Gasteiger partial charge on any atom is -0.457 e. The van der Waals surface area contributed by atoms with Gasteiger partial charge in [0.25, 0.3) is 5.69 Å². The molecular formula is C15H13NO5. The molecule has 0 saturated heterocycles. The molecule has 21 heavy (non-hydrogen) atoms. The fourth-order valence-electron chi connectivity index (χ4n) is 1.82. The van der Waals surface area contributed by atoms with Crippen molar-refractivity contribution in [1.29, 1.82) is 0 Å². The molecule has 0 spiro atoms. The third-order valence-electron chi connectivity index (χ3n) is 2.89. The zero-order valence-electron chi connectivity index (χ0n) is 11.3. The van der Waals surface area contributed by atoms with Gasteiger partial charge >= 0.3 is 0 Å². The van der Waals surface area contributed by atoms with Crippen molar-refractivity contribution in [1.82, 2.24) is 0 Å². The minimum absolute atomic E-state index is 0.0444. The quantitative estimate of drug-likeness (QED) is 0.518. The summed E-state index contributed by atoms with van der Waals surface area (Å²) < 4.78 is 5.51. The SMILES string of the molecule is CC(=O)c1ccc(Oc2ccc(CO)cc2)cc1[N+](=O)[O-]. The van der Waals surface area contributed by atoms with Crippen LogP contribution in [0.25, 0.3) is 0 Å². The largest absolute Gasteiger partial charge is 0.457 e. The van der Waals surface area contributed by atoms with Gasteiger partial charge in [0.05, 0.1) is 23.2 Å². The van der Waals surface area contributed by atoms with Gasteiger partial charge in [-0.3, -0.25) is 14.9 Å². The molecule has 0 aliphatic heterocycles. The highest BCUT2D eigenvalue weighted by Gasteiger charge is 2.18. The van der Waals surface area contributed by atoms with Crippen LogP contribution in [-0.2, 0) is 6.61 Å². The molecule has 0 radical (unpaired) electrons. The Balaban J connectivity index is 2.29. The highest BCUT2D eigenvalue weighted by Crippen LogP contribution is 2.28. The molecule has 2 rings (SSSR count). The minimum atomic E-state index is -0.613. The summed E-state index contributed by atoms with van der Waals surface area (Å²) in [6, 6.07) is 10.8. The smallest absolute Gasteiger partial charge is 0.283 e. The van der Waals surface area contributed by atoms with Crippen molar-refractivity contribution in [2.75, 3.05) is 0 Å². The van der Waals surface area contributed by atoms with Crippen molar-refractivity contribution in [3.8, 4) is 11.5 Å². The summed E-state index contributed by atoms with van der Waals surface area (Å²) in [5.41, 5.74) is 0.496. The molecule has 0 saturated carbocycles. The first kappa shape index (κ1) is 14.7. The van der Waals surface area contributed by atoms with Crippen molar-refractivity contribution in [3.05, 3.63) is 63.7 Å². The second kappa shape index (κ2) is 6.15. The number of carbonyl (C=O) groups excluding carboxylic acids is 1. The molecular weight excluding hydrogens is 274 g/mol. The van der Waals surface area contributed by atoms with Gasteiger partial charge in [0.2, 0.25) is 0 Å². The lowest BCUT2D eigenvalue weighted by Gasteiger charge is -2.07. The number of nitrogens with zero attached hydrogens (tertiary/aromatic N) is 1. The lowest BCUT2D eigenvalue weighted by atomic mass is 10.1. The Morgan fingerprint density at radius 2 is 1.81 bits per heavy atom. The molecule has 0 aromatic heterocycles. The van der Waals surface area contributed by atoms with Gasteiger partial charge in [-0.25, -0.2) is 0 Å². The lowest BCUT2D eigenvalue weighted by molar-refractivity contribution is -0.385. The number of Topliss-reactive ketones (excluding diaryl/α,β-unsaturated/α-hetero) is 1. The monoisotopic (exact) mass is 287 g/mol. The maximum absolute atomic E-state index is 11.3. The van der Waals surface area contributed by atoms with Crippen LogP contribution in [0.4, 0.5) is 5.69 Å². The molecule has 0 bridgehead atoms. The predicted molar refractivity (Wildman–Crippen MR) is 75.5 cm³/mol. The van der Waals surface area contributed by atoms with E-state index in [1.807, 2.05) is 0 Å². The van der Waals surface area contributed by atoms with Gasteiger partial charge in [0, 0.05) is 0 Å². The van der Waals surface area contributed by atoms with E-state index in [0.29, 0.717) is 5.75 Å². The summed E-state index contributed by atoms with van der Waals surface area (Å²) >= 11 is 0. The van der Waals surface area contributed by atoms with Crippen LogP contribution in [-0.4, -0.2) is 15.8 Å². The summed E-state index contributed by atoms with van der Waals surface area (Å²) in [5.74, 6) is 0.376. The summed E-state index contributed by atoms with van der Waals surface area (Å²) in [5, 5.41) is 19.9. The summed E-state index contributed by atoms with van der Waals surface area (Å²) in [6.07, 6.45) is 0. The van der Waals surface area contributed by atoms with Gasteiger partial charge in [0.15, 0.2) is 5.78 Å². The standard InChI is InChI=1S/C15H13NO5/c1-10(18)14-7-6-13(8-15(14)16(19)20)21-12-4-2-11(9-17)3-5-12/h2-8,17H,9H2,1H3. The first-order chi connectivity index (χ1) is 10.0. The second-order valence-electron chi connectivity index (χ2n) is 4.40. The molecule has 0 aliphatic carbocycles. The number of carbonyl (C=O) groups is 1. The maximum Gasteiger partial charge on any atom is 0.283 e. The van der Waals surface area contributed by atoms with E-state index in [1.165, 1.54) is 25.1 Å². The number of rotatable bonds is 5. The first-order valence-corrected chi connectivity index (χ1v) is 6.18. The van der Waals surface area contributed by atoms with Crippen molar-refractivity contribution in [2.45, 2.75) is 13.5 Å². The Bertz CT molecular complexity index is 679. The van der Waals surface area contributed by atoms with E-state index in [1.54, 1.807) is 24.3 Å². The number of aliphatic hydroxyl groups excluding tert-OH is 1. The number of nitro benzene ring substituents is 1. The predicted octanol–water partition coefficient (Wildman–Crippen LogP) is 3.08. The van der Waals surface area contributed by atoms with Gasteiger partial charge in [-0.05, 0) is 36.8 Å². The molecule has 6 nitrogen and oxygen atoms in total. The topological polar surface area (TPSA) is 89.7 Å². The van der Waals surface area contributed by atoms with Gasteiger partial charge in [-0.2, -0.15) is 0 Å². The van der Waals surface area contributed by atoms with E-state index in [9.17, 15) is 14.9 Å². The van der Waals surface area contributed by atoms with Crippen LogP contribution in [0.3, 0.4) is 0 Å². The Labute approximate surface area is 120 Å². The number of hydrogen-bond acceptors (Lipinski definition) is 5. The Morgan fingerprint density at radius 3 is 2.33 bits per heavy atom. The van der Waals surface area contributed by atoms with Crippen LogP contribution in [0.2, 0.25) is 0 Å². The van der Waals surface area contributed by atoms with Crippen molar-refractivity contribution < 1.29 is 19.6 Å². The third kappa shape index (κ3) is 3.43. The summed E-state index contributed by atoms with van der Waals surface area (Å²) in [6.45, 7) is 1.20. The van der Waals surface area contributed by atoms with Gasteiger partial charge in [-0.1, -0.05) is 12.1 Å². The van der Waals surface area contributed by atoms with Crippen LogP contribution in [0.1, 0.15) is 22.8 Å². The van der Waals surface area contributed by atoms with E-state index in [0.717, 1.165) is 5.56 Å². The Kier molecular flexibility index (Phi) is 4.30. The third-order valence-corrected chi connectivity index (χ3v) is 2.89. The molecule has 0 atom stereocenters. The van der Waals surface area contributed by atoms with Gasteiger partial charge < -0.3 is 9.84 Å². The average molecular weight is 287 g/mol. The van der Waals surface area contributed by atoms with E-state index in [2.05, 4.69) is 0 Å². The highest BCUT2D eigenvalue weighted by molar-refractivity contribution is 5.98. The van der Waals surface area contributed by atoms with Crippen molar-refractivity contribution in [3.63, 3.8) is 0 Å². The van der Waals surface area contributed by atoms with E-state index in [-0.39, 0.29) is 29.4 Å². The van der Waals surface area contributed by atoms with E-state index < -0.39 is 4.92 Å². The fraction of sp³-hybridized carbons (Fsp3) is 0.133. The molecule has 6 heteroatoms. The summed E-state index contributed by atoms with van der Waals surface area (Å²) in [4.78, 5) is 21.7. The van der Waals surface area contributed by atoms with Crippen LogP contribution in [0.15, 0.2) is 42.5 Å². The molecule has 1 N–H and O–H groups in total. The molecule has 2 aromatic rings. The molecule has 0 unspecified atom stereocenters. The van der Waals surface area contributed by atoms with Gasteiger partial charge in [0.1, 0.15) is 11.5 Å². The number of ether oxygens (including phenoxy) is 1. The van der Waals surface area contributed by atoms with Crippen LogP contribution in [0.5, 0.6) is 11.5 Å². The maximum atomic E-state index is 11.3. The zero-order chi connectivity index (χ0) is 15.4. The molecule has 0 fully saturated rings. The van der Waals surface area contributed by atoms with Crippen molar-refractivity contribution >= 4 is 11.5 Å². The number of ketones is 1. The number of hydrogen-bond donors (Lipinski definition) is 1. The highest BCUT2D eigenvalue weighted by atomic mass is 16.6. The molecule has 108 valence electrons. The molecule has 0 amide bonds. The number of aliphatic hydroxyl groups is 1. The van der Waals surface area contributed by atoms with Crippen LogP contribution in [0, 0.1) is 10.1 Å². The molecule has 2 aromatic carbocycles. The first-order valence-electron chi connectivity index (χ1n) is 6.18. The van der Waals surface area contributed by atoms with Crippen molar-refractivity contribution in [2.24, 2.45) is 0 Å². The van der Waals surface area contributed by atoms with Gasteiger partial charge in [-0.15, -0.1) is 0 Å². The Hall–Kier alpha value is -2.73. The van der Waals surface area contributed by atoms with Crippen LogP contribution < -0.4 is 4.74 Å². The second-order valence-corrected chi connectivity index (χ2v) is 4.40. The van der Waals surface area contributed by atoms with E-state index >= 15 is 0 Å². The average Bonchev–Trinajstić information content (AvgIpc) is 2.47. The Morgan fingerprint density at radius 1 is 1.19 bits per heavy atom. The zero-order valence-corrected chi connectivity index (χ0v) is 11.3. The summed E-state index contributed by atoms with van der Waals surface area (Å²) in [7, 11) is 0. The molecule has 0 heterocycles. The number of benzene rings is 2. The normalized spacial score (nSPS) is 10.2. The fourth-order valence-corrected chi connectivity index (χ4v) is 1.82. The van der Waals surface area contributed by atoms with E-state index in [4.69, 9.17) is 9.84 Å². The number of nitro groups is 1.